The molecule has 2 aromatic heterocycles. The lowest BCUT2D eigenvalue weighted by Crippen LogP contribution is -2.31. The molecule has 0 atom stereocenters. The standard InChI is InChI=1S/C24H20FN5OS/c25-18-5-1-15(2-6-18)17-11-20(12-17)30-22(21-13-27-9-10-28-21)14-32-24(30)29-19-7-3-16(4-8-19)23(26)31/h1-10,13-14,17,20H,11-12H2,(H2,26,31). The molecule has 0 aliphatic heterocycles. The summed E-state index contributed by atoms with van der Waals surface area (Å²) in [7, 11) is 0. The van der Waals surface area contributed by atoms with E-state index in [0.29, 0.717) is 11.5 Å². The first-order valence-corrected chi connectivity index (χ1v) is 11.1. The second-order valence-electron chi connectivity index (χ2n) is 7.76. The van der Waals surface area contributed by atoms with Gasteiger partial charge in [-0.05, 0) is 60.7 Å². The molecule has 0 bridgehead atoms. The molecule has 2 heterocycles. The molecule has 1 aliphatic rings. The van der Waals surface area contributed by atoms with Gasteiger partial charge in [0, 0.05) is 29.4 Å². The fourth-order valence-corrected chi connectivity index (χ4v) is 4.96. The maximum atomic E-state index is 13.3. The van der Waals surface area contributed by atoms with Crippen LogP contribution in [-0.2, 0) is 0 Å². The molecule has 1 amide bonds. The number of primary amides is 1. The maximum Gasteiger partial charge on any atom is 0.248 e. The molecule has 0 spiro atoms. The summed E-state index contributed by atoms with van der Waals surface area (Å²) in [4.78, 5) is 25.7. The molecule has 160 valence electrons. The summed E-state index contributed by atoms with van der Waals surface area (Å²) in [6.07, 6.45) is 6.95. The van der Waals surface area contributed by atoms with Crippen LogP contribution in [0, 0.1) is 5.82 Å². The van der Waals surface area contributed by atoms with Crippen LogP contribution in [0.5, 0.6) is 0 Å². The summed E-state index contributed by atoms with van der Waals surface area (Å²) >= 11 is 1.54. The minimum atomic E-state index is -0.464. The Kier molecular flexibility index (Phi) is 5.36. The van der Waals surface area contributed by atoms with Crippen LogP contribution in [0.2, 0.25) is 0 Å². The van der Waals surface area contributed by atoms with Gasteiger partial charge in [0.1, 0.15) is 11.5 Å². The highest BCUT2D eigenvalue weighted by Gasteiger charge is 2.33. The third-order valence-corrected chi connectivity index (χ3v) is 6.60. The first-order valence-electron chi connectivity index (χ1n) is 10.2. The van der Waals surface area contributed by atoms with E-state index in [0.717, 1.165) is 40.3 Å². The summed E-state index contributed by atoms with van der Waals surface area (Å²) in [6.45, 7) is 0. The van der Waals surface area contributed by atoms with Crippen molar-refractivity contribution in [2.24, 2.45) is 10.7 Å². The number of rotatable bonds is 5. The van der Waals surface area contributed by atoms with Crippen LogP contribution in [0.1, 0.15) is 40.7 Å². The lowest BCUT2D eigenvalue weighted by Gasteiger charge is -2.37. The minimum Gasteiger partial charge on any atom is -0.366 e. The van der Waals surface area contributed by atoms with E-state index >= 15 is 0 Å². The van der Waals surface area contributed by atoms with Crippen molar-refractivity contribution < 1.29 is 9.18 Å². The first-order chi connectivity index (χ1) is 15.6. The molecule has 0 saturated heterocycles. The third kappa shape index (κ3) is 3.97. The number of aromatic nitrogens is 3. The number of thiazole rings is 1. The van der Waals surface area contributed by atoms with Crippen molar-refractivity contribution in [2.75, 3.05) is 0 Å². The second kappa shape index (κ2) is 8.47. The van der Waals surface area contributed by atoms with Crippen LogP contribution in [0.25, 0.3) is 11.4 Å². The molecule has 1 fully saturated rings. The lowest BCUT2D eigenvalue weighted by molar-refractivity contribution is 0.100. The van der Waals surface area contributed by atoms with Crippen molar-refractivity contribution in [3.05, 3.63) is 94.2 Å². The molecule has 2 N–H and O–H groups in total. The Bertz CT molecular complexity index is 1310. The highest BCUT2D eigenvalue weighted by Crippen LogP contribution is 2.45. The Morgan fingerprint density at radius 2 is 1.84 bits per heavy atom. The van der Waals surface area contributed by atoms with Crippen molar-refractivity contribution in [2.45, 2.75) is 24.8 Å². The number of nitrogens with two attached hydrogens (primary N) is 1. The summed E-state index contributed by atoms with van der Waals surface area (Å²) in [5, 5.41) is 2.05. The number of carbonyl (C=O) groups is 1. The average Bonchev–Trinajstić information content (AvgIpc) is 3.18. The van der Waals surface area contributed by atoms with Gasteiger partial charge in [0.15, 0.2) is 4.80 Å². The predicted octanol–water partition coefficient (Wildman–Crippen LogP) is 4.60. The van der Waals surface area contributed by atoms with Crippen LogP contribution in [0.15, 0.2) is 77.5 Å². The fraction of sp³-hybridized carbons (Fsp3) is 0.167. The monoisotopic (exact) mass is 445 g/mol. The van der Waals surface area contributed by atoms with Crippen molar-refractivity contribution >= 4 is 22.9 Å². The highest BCUT2D eigenvalue weighted by molar-refractivity contribution is 7.07. The van der Waals surface area contributed by atoms with Gasteiger partial charge in [0.2, 0.25) is 5.91 Å². The number of nitrogens with zero attached hydrogens (tertiary/aromatic N) is 4. The van der Waals surface area contributed by atoms with Crippen molar-refractivity contribution in [3.63, 3.8) is 0 Å². The number of hydrogen-bond acceptors (Lipinski definition) is 5. The molecule has 1 saturated carbocycles. The topological polar surface area (TPSA) is 86.2 Å². The molecule has 0 radical (unpaired) electrons. The van der Waals surface area contributed by atoms with Crippen molar-refractivity contribution in [1.29, 1.82) is 0 Å². The molecule has 2 aromatic carbocycles. The lowest BCUT2D eigenvalue weighted by atomic mass is 9.75. The highest BCUT2D eigenvalue weighted by atomic mass is 32.1. The zero-order chi connectivity index (χ0) is 22.1. The first kappa shape index (κ1) is 20.3. The van der Waals surface area contributed by atoms with E-state index in [9.17, 15) is 9.18 Å². The molecular formula is C24H20FN5OS. The molecule has 4 aromatic rings. The van der Waals surface area contributed by atoms with Crippen molar-refractivity contribution in [1.82, 2.24) is 14.5 Å². The Morgan fingerprint density at radius 1 is 1.09 bits per heavy atom. The van der Waals surface area contributed by atoms with E-state index in [4.69, 9.17) is 10.7 Å². The van der Waals surface area contributed by atoms with E-state index in [-0.39, 0.29) is 11.9 Å². The molecule has 6 nitrogen and oxygen atoms in total. The SMILES string of the molecule is NC(=O)c1ccc(N=c2scc(-c3cnccn3)n2C2CC(c3ccc(F)cc3)C2)cc1. The van der Waals surface area contributed by atoms with Gasteiger partial charge in [-0.15, -0.1) is 11.3 Å². The zero-order valence-corrected chi connectivity index (χ0v) is 17.9. The van der Waals surface area contributed by atoms with E-state index in [1.54, 1.807) is 54.2 Å². The number of benzene rings is 2. The van der Waals surface area contributed by atoms with Gasteiger partial charge in [-0.2, -0.15) is 0 Å². The van der Waals surface area contributed by atoms with Gasteiger partial charge in [-0.3, -0.25) is 14.8 Å². The van der Waals surface area contributed by atoms with Gasteiger partial charge >= 0.3 is 0 Å². The molecular weight excluding hydrogens is 425 g/mol. The normalized spacial score (nSPS) is 18.3. The van der Waals surface area contributed by atoms with Crippen LogP contribution >= 0.6 is 11.3 Å². The Morgan fingerprint density at radius 3 is 2.50 bits per heavy atom. The quantitative estimate of drug-likeness (QED) is 0.487. The smallest absolute Gasteiger partial charge is 0.248 e. The van der Waals surface area contributed by atoms with Crippen molar-refractivity contribution in [3.8, 4) is 11.4 Å². The number of halogens is 1. The molecule has 5 rings (SSSR count). The van der Waals surface area contributed by atoms with E-state index in [1.807, 2.05) is 17.5 Å². The fourth-order valence-electron chi connectivity index (χ4n) is 3.99. The second-order valence-corrected chi connectivity index (χ2v) is 8.60. The largest absolute Gasteiger partial charge is 0.366 e. The average molecular weight is 446 g/mol. The number of hydrogen-bond donors (Lipinski definition) is 1. The summed E-state index contributed by atoms with van der Waals surface area (Å²) in [6, 6.07) is 13.9. The molecule has 8 heteroatoms. The number of amides is 1. The number of carbonyl (C=O) groups excluding carboxylic acids is 1. The van der Waals surface area contributed by atoms with Crippen LogP contribution in [0.4, 0.5) is 10.1 Å². The van der Waals surface area contributed by atoms with Crippen LogP contribution in [0.3, 0.4) is 0 Å². The van der Waals surface area contributed by atoms with Gasteiger partial charge in [0.05, 0.1) is 17.6 Å². The van der Waals surface area contributed by atoms with Gasteiger partial charge in [-0.1, -0.05) is 12.1 Å². The predicted molar refractivity (Wildman–Crippen MR) is 121 cm³/mol. The summed E-state index contributed by atoms with van der Waals surface area (Å²) in [5.41, 5.74) is 9.44. The van der Waals surface area contributed by atoms with Gasteiger partial charge in [-0.25, -0.2) is 9.38 Å². The Labute approximate surface area is 187 Å². The van der Waals surface area contributed by atoms with E-state index in [2.05, 4.69) is 14.5 Å². The van der Waals surface area contributed by atoms with Crippen LogP contribution in [-0.4, -0.2) is 20.4 Å². The maximum absolute atomic E-state index is 13.3. The van der Waals surface area contributed by atoms with E-state index in [1.165, 1.54) is 12.1 Å². The van der Waals surface area contributed by atoms with Gasteiger partial charge < -0.3 is 10.3 Å². The minimum absolute atomic E-state index is 0.217. The Balaban J connectivity index is 1.50. The zero-order valence-electron chi connectivity index (χ0n) is 17.1. The summed E-state index contributed by atoms with van der Waals surface area (Å²) in [5.74, 6) is -0.301. The van der Waals surface area contributed by atoms with Gasteiger partial charge in [0.25, 0.3) is 0 Å². The molecule has 1 aliphatic carbocycles. The Hall–Kier alpha value is -3.65. The van der Waals surface area contributed by atoms with E-state index < -0.39 is 5.91 Å². The molecule has 0 unspecified atom stereocenters. The van der Waals surface area contributed by atoms with Crippen LogP contribution < -0.4 is 10.5 Å². The molecule has 32 heavy (non-hydrogen) atoms. The summed E-state index contributed by atoms with van der Waals surface area (Å²) < 4.78 is 15.5. The third-order valence-electron chi connectivity index (χ3n) is 5.76.